The fourth-order valence-electron chi connectivity index (χ4n) is 3.22. The molecule has 3 heterocycles. The van der Waals surface area contributed by atoms with Crippen LogP contribution in [-0.2, 0) is 16.1 Å². The number of hydrogen-bond acceptors (Lipinski definition) is 7. The first-order valence-corrected chi connectivity index (χ1v) is 11.2. The van der Waals surface area contributed by atoms with Gasteiger partial charge in [0.15, 0.2) is 5.16 Å². The maximum Gasteiger partial charge on any atom is 0.230 e. The average Bonchev–Trinajstić information content (AvgIpc) is 2.76. The minimum atomic E-state index is -0.129. The Labute approximate surface area is 185 Å². The summed E-state index contributed by atoms with van der Waals surface area (Å²) >= 11 is 7.43. The van der Waals surface area contributed by atoms with Gasteiger partial charge >= 0.3 is 0 Å². The summed E-state index contributed by atoms with van der Waals surface area (Å²) in [6, 6.07) is 7.38. The van der Waals surface area contributed by atoms with E-state index in [1.165, 1.54) is 11.8 Å². The molecule has 1 N–H and O–H groups in total. The molecule has 2 amide bonds. The minimum Gasteiger partial charge on any atom is -0.353 e. The normalized spacial score (nSPS) is 16.4. The molecule has 10 heteroatoms. The van der Waals surface area contributed by atoms with Gasteiger partial charge in [-0.3, -0.25) is 14.6 Å². The number of carbonyl (C=O) groups is 2. The second kappa shape index (κ2) is 10.6. The van der Waals surface area contributed by atoms with E-state index in [0.717, 1.165) is 5.69 Å². The molecule has 1 unspecified atom stereocenters. The molecule has 1 aliphatic rings. The molecule has 0 spiro atoms. The molecule has 160 valence electrons. The summed E-state index contributed by atoms with van der Waals surface area (Å²) in [5.74, 6) is 0.927. The zero-order valence-electron chi connectivity index (χ0n) is 17.0. The lowest BCUT2D eigenvalue weighted by Crippen LogP contribution is -2.54. The van der Waals surface area contributed by atoms with Gasteiger partial charge in [-0.25, -0.2) is 9.97 Å². The summed E-state index contributed by atoms with van der Waals surface area (Å²) in [4.78, 5) is 41.2. The number of nitrogens with zero attached hydrogens (tertiary/aromatic N) is 5. The molecular weight excluding hydrogens is 424 g/mol. The molecule has 0 aliphatic carbocycles. The van der Waals surface area contributed by atoms with Gasteiger partial charge in [0.05, 0.1) is 18.0 Å². The molecule has 30 heavy (non-hydrogen) atoms. The van der Waals surface area contributed by atoms with E-state index in [4.69, 9.17) is 11.6 Å². The lowest BCUT2D eigenvalue weighted by Gasteiger charge is -2.40. The van der Waals surface area contributed by atoms with Gasteiger partial charge in [0.2, 0.25) is 11.8 Å². The van der Waals surface area contributed by atoms with Crippen LogP contribution in [0.3, 0.4) is 0 Å². The van der Waals surface area contributed by atoms with Crippen LogP contribution >= 0.6 is 23.4 Å². The molecular formula is C20H25ClN6O2S. The Morgan fingerprint density at radius 1 is 1.30 bits per heavy atom. The van der Waals surface area contributed by atoms with E-state index in [9.17, 15) is 9.59 Å². The first-order valence-electron chi connectivity index (χ1n) is 9.84. The third-order valence-corrected chi connectivity index (χ3v) is 5.80. The molecule has 1 atom stereocenters. The van der Waals surface area contributed by atoms with Crippen LogP contribution in [0.15, 0.2) is 35.6 Å². The van der Waals surface area contributed by atoms with Crippen LogP contribution in [0.5, 0.6) is 0 Å². The number of nitrogens with one attached hydrogen (secondary N) is 1. The molecule has 0 aromatic carbocycles. The quantitative estimate of drug-likeness (QED) is 0.395. The summed E-state index contributed by atoms with van der Waals surface area (Å²) in [5.41, 5.74) is 0.798. The number of amides is 2. The number of piperazine rings is 1. The molecule has 1 fully saturated rings. The summed E-state index contributed by atoms with van der Waals surface area (Å²) < 4.78 is 0. The summed E-state index contributed by atoms with van der Waals surface area (Å²) in [6.07, 6.45) is 2.20. The Bertz CT molecular complexity index is 885. The van der Waals surface area contributed by atoms with Crippen LogP contribution in [0.4, 0.5) is 5.82 Å². The van der Waals surface area contributed by atoms with Crippen molar-refractivity contribution >= 4 is 41.0 Å². The minimum absolute atomic E-state index is 0.0911. The number of anilines is 1. The lowest BCUT2D eigenvalue weighted by molar-refractivity contribution is -0.133. The van der Waals surface area contributed by atoms with Gasteiger partial charge in [-0.15, -0.1) is 0 Å². The summed E-state index contributed by atoms with van der Waals surface area (Å²) in [6.45, 7) is 6.28. The highest BCUT2D eigenvalue weighted by Crippen LogP contribution is 2.24. The van der Waals surface area contributed by atoms with Crippen molar-refractivity contribution in [3.63, 3.8) is 0 Å². The Balaban J connectivity index is 1.56. The second-order valence-corrected chi connectivity index (χ2v) is 8.28. The molecule has 3 rings (SSSR count). The van der Waals surface area contributed by atoms with Crippen molar-refractivity contribution in [3.05, 3.63) is 41.3 Å². The van der Waals surface area contributed by atoms with Crippen LogP contribution in [0.1, 0.15) is 26.0 Å². The maximum absolute atomic E-state index is 12.1. The predicted molar refractivity (Wildman–Crippen MR) is 118 cm³/mol. The van der Waals surface area contributed by atoms with Gasteiger partial charge in [0.1, 0.15) is 11.0 Å². The number of rotatable bonds is 7. The average molecular weight is 449 g/mol. The molecule has 2 aromatic rings. The SMILES string of the molecule is CCC(=O)N1CCN(c2cc(Cl)nc(SCC(=O)NCc3ccccn3)n2)CC1C. The Kier molecular flexibility index (Phi) is 7.87. The molecule has 0 bridgehead atoms. The highest BCUT2D eigenvalue weighted by molar-refractivity contribution is 7.99. The molecule has 2 aromatic heterocycles. The second-order valence-electron chi connectivity index (χ2n) is 6.95. The van der Waals surface area contributed by atoms with E-state index in [1.54, 1.807) is 12.3 Å². The molecule has 0 radical (unpaired) electrons. The monoisotopic (exact) mass is 448 g/mol. The Hall–Kier alpha value is -2.39. The number of aromatic nitrogens is 3. The molecule has 1 saturated heterocycles. The van der Waals surface area contributed by atoms with Crippen molar-refractivity contribution < 1.29 is 9.59 Å². The van der Waals surface area contributed by atoms with Crippen LogP contribution in [-0.4, -0.2) is 63.1 Å². The zero-order valence-corrected chi connectivity index (χ0v) is 18.6. The van der Waals surface area contributed by atoms with Crippen LogP contribution < -0.4 is 10.2 Å². The smallest absolute Gasteiger partial charge is 0.230 e. The summed E-state index contributed by atoms with van der Waals surface area (Å²) in [5, 5.41) is 3.61. The van der Waals surface area contributed by atoms with Crippen molar-refractivity contribution in [3.8, 4) is 0 Å². The van der Waals surface area contributed by atoms with E-state index >= 15 is 0 Å². The first-order chi connectivity index (χ1) is 14.5. The van der Waals surface area contributed by atoms with Gasteiger partial charge in [-0.05, 0) is 19.1 Å². The van der Waals surface area contributed by atoms with Gasteiger partial charge in [0, 0.05) is 44.4 Å². The van der Waals surface area contributed by atoms with E-state index in [1.807, 2.05) is 36.9 Å². The number of thioether (sulfide) groups is 1. The fraction of sp³-hybridized carbons (Fsp3) is 0.450. The Morgan fingerprint density at radius 2 is 2.13 bits per heavy atom. The predicted octanol–water partition coefficient (Wildman–Crippen LogP) is 2.38. The first kappa shape index (κ1) is 22.3. The lowest BCUT2D eigenvalue weighted by atomic mass is 10.1. The van der Waals surface area contributed by atoms with Crippen molar-refractivity contribution in [1.82, 2.24) is 25.2 Å². The number of hydrogen-bond donors (Lipinski definition) is 1. The number of carbonyl (C=O) groups excluding carboxylic acids is 2. The summed E-state index contributed by atoms with van der Waals surface area (Å²) in [7, 11) is 0. The third-order valence-electron chi connectivity index (χ3n) is 4.76. The van der Waals surface area contributed by atoms with Crippen molar-refractivity contribution in [2.75, 3.05) is 30.3 Å². The van der Waals surface area contributed by atoms with Crippen molar-refractivity contribution in [1.29, 1.82) is 0 Å². The topological polar surface area (TPSA) is 91.3 Å². The highest BCUT2D eigenvalue weighted by Gasteiger charge is 2.27. The van der Waals surface area contributed by atoms with Crippen LogP contribution in [0, 0.1) is 0 Å². The number of halogens is 1. The van der Waals surface area contributed by atoms with E-state index < -0.39 is 0 Å². The highest BCUT2D eigenvalue weighted by atomic mass is 35.5. The van der Waals surface area contributed by atoms with E-state index in [0.29, 0.717) is 48.7 Å². The van der Waals surface area contributed by atoms with Crippen LogP contribution in [0.25, 0.3) is 0 Å². The zero-order chi connectivity index (χ0) is 21.5. The van der Waals surface area contributed by atoms with Crippen molar-refractivity contribution in [2.24, 2.45) is 0 Å². The van der Waals surface area contributed by atoms with Gasteiger partial charge in [0.25, 0.3) is 0 Å². The van der Waals surface area contributed by atoms with Gasteiger partial charge in [-0.1, -0.05) is 36.4 Å². The fourth-order valence-corrected chi connectivity index (χ4v) is 4.14. The molecule has 0 saturated carbocycles. The molecule has 8 nitrogen and oxygen atoms in total. The van der Waals surface area contributed by atoms with Crippen molar-refractivity contribution in [2.45, 2.75) is 38.0 Å². The number of pyridine rings is 1. The van der Waals surface area contributed by atoms with E-state index in [-0.39, 0.29) is 23.6 Å². The largest absolute Gasteiger partial charge is 0.353 e. The van der Waals surface area contributed by atoms with E-state index in [2.05, 4.69) is 25.2 Å². The standard InChI is InChI=1S/C20H25ClN6O2S/c1-3-19(29)27-9-8-26(12-14(27)2)17-10-16(21)24-20(25-17)30-13-18(28)23-11-15-6-4-5-7-22-15/h4-7,10,14H,3,8-9,11-13H2,1-2H3,(H,23,28). The van der Waals surface area contributed by atoms with Gasteiger partial charge < -0.3 is 15.1 Å². The van der Waals surface area contributed by atoms with Gasteiger partial charge in [-0.2, -0.15) is 0 Å². The van der Waals surface area contributed by atoms with Crippen LogP contribution in [0.2, 0.25) is 5.15 Å². The Morgan fingerprint density at radius 3 is 2.83 bits per heavy atom. The third kappa shape index (κ3) is 6.06. The maximum atomic E-state index is 12.1. The molecule has 1 aliphatic heterocycles.